The number of anilines is 1. The maximum absolute atomic E-state index is 13.5. The zero-order valence-electron chi connectivity index (χ0n) is 19.1. The van der Waals surface area contributed by atoms with Gasteiger partial charge >= 0.3 is 0 Å². The minimum absolute atomic E-state index is 0. The smallest absolute Gasteiger partial charge is 0.241 e. The van der Waals surface area contributed by atoms with Gasteiger partial charge in [-0.2, -0.15) is 0 Å². The number of amides is 1. The van der Waals surface area contributed by atoms with E-state index in [9.17, 15) is 4.79 Å². The molecule has 2 fully saturated rings. The average Bonchev–Trinajstić information content (AvgIpc) is 3.01. The summed E-state index contributed by atoms with van der Waals surface area (Å²) >= 11 is 0. The number of carbonyl (C=O) groups is 1. The van der Waals surface area contributed by atoms with Crippen LogP contribution < -0.4 is 10.2 Å². The van der Waals surface area contributed by atoms with Gasteiger partial charge in [0.1, 0.15) is 0 Å². The Hall–Kier alpha value is -1.50. The first-order valence-corrected chi connectivity index (χ1v) is 11.7. The third kappa shape index (κ3) is 5.12. The van der Waals surface area contributed by atoms with Crippen molar-refractivity contribution in [3.05, 3.63) is 23.5 Å². The van der Waals surface area contributed by atoms with Crippen LogP contribution in [0.4, 0.5) is 5.69 Å². The number of rotatable bonds is 5. The second kappa shape index (κ2) is 9.97. The SMILES string of the molecule is C.COC[C@H]1CN[C@H](C)CN1CC(=O)N1CC(C)(C)c2cnc(C3CCCCC3)cc21. The lowest BCUT2D eigenvalue weighted by atomic mass is 9.85. The van der Waals surface area contributed by atoms with Crippen molar-refractivity contribution in [2.75, 3.05) is 44.8 Å². The van der Waals surface area contributed by atoms with Gasteiger partial charge in [0.05, 0.1) is 18.8 Å². The Bertz CT molecular complexity index is 760. The van der Waals surface area contributed by atoms with E-state index in [4.69, 9.17) is 9.72 Å². The number of carbonyl (C=O) groups excluding carboxylic acids is 1. The highest BCUT2D eigenvalue weighted by molar-refractivity contribution is 5.97. The summed E-state index contributed by atoms with van der Waals surface area (Å²) in [6.07, 6.45) is 8.41. The molecule has 3 aliphatic rings. The van der Waals surface area contributed by atoms with Crippen molar-refractivity contribution in [2.24, 2.45) is 0 Å². The number of methoxy groups -OCH3 is 1. The quantitative estimate of drug-likeness (QED) is 0.772. The third-order valence-electron chi connectivity index (χ3n) is 7.23. The van der Waals surface area contributed by atoms with Crippen LogP contribution in [0.25, 0.3) is 0 Å². The van der Waals surface area contributed by atoms with Crippen molar-refractivity contribution in [3.8, 4) is 0 Å². The molecular formula is C25H42N4O2. The van der Waals surface area contributed by atoms with E-state index in [0.29, 0.717) is 25.1 Å². The van der Waals surface area contributed by atoms with Crippen molar-refractivity contribution in [1.29, 1.82) is 0 Å². The van der Waals surface area contributed by atoms with Crippen LogP contribution in [-0.4, -0.2) is 67.8 Å². The van der Waals surface area contributed by atoms with Crippen LogP contribution in [0, 0.1) is 0 Å². The van der Waals surface area contributed by atoms with Gasteiger partial charge in [0, 0.05) is 67.6 Å². The van der Waals surface area contributed by atoms with E-state index in [1.165, 1.54) is 43.4 Å². The number of hydrogen-bond acceptors (Lipinski definition) is 5. The summed E-state index contributed by atoms with van der Waals surface area (Å²) < 4.78 is 5.41. The Morgan fingerprint density at radius 1 is 1.29 bits per heavy atom. The monoisotopic (exact) mass is 430 g/mol. The molecule has 6 nitrogen and oxygen atoms in total. The second-order valence-corrected chi connectivity index (χ2v) is 10.2. The normalized spacial score (nSPS) is 26.4. The van der Waals surface area contributed by atoms with Gasteiger partial charge in [0.25, 0.3) is 0 Å². The maximum Gasteiger partial charge on any atom is 0.241 e. The molecule has 174 valence electrons. The molecule has 0 radical (unpaired) electrons. The van der Waals surface area contributed by atoms with Gasteiger partial charge < -0.3 is 15.0 Å². The van der Waals surface area contributed by atoms with Crippen molar-refractivity contribution >= 4 is 11.6 Å². The molecule has 1 aromatic rings. The van der Waals surface area contributed by atoms with E-state index in [0.717, 1.165) is 25.3 Å². The molecule has 0 spiro atoms. The first-order valence-electron chi connectivity index (χ1n) is 11.7. The number of hydrogen-bond donors (Lipinski definition) is 1. The van der Waals surface area contributed by atoms with Gasteiger partial charge in [-0.3, -0.25) is 14.7 Å². The van der Waals surface area contributed by atoms with Gasteiger partial charge in [-0.25, -0.2) is 0 Å². The molecule has 2 atom stereocenters. The molecule has 1 saturated heterocycles. The predicted octanol–water partition coefficient (Wildman–Crippen LogP) is 3.70. The first-order chi connectivity index (χ1) is 14.4. The summed E-state index contributed by atoms with van der Waals surface area (Å²) in [7, 11) is 1.73. The summed E-state index contributed by atoms with van der Waals surface area (Å²) in [4.78, 5) is 22.7. The Balaban J connectivity index is 0.00000272. The molecule has 1 amide bonds. The Labute approximate surface area is 188 Å². The highest BCUT2D eigenvalue weighted by Crippen LogP contribution is 2.42. The van der Waals surface area contributed by atoms with Gasteiger partial charge in [-0.15, -0.1) is 0 Å². The summed E-state index contributed by atoms with van der Waals surface area (Å²) in [5, 5.41) is 3.51. The lowest BCUT2D eigenvalue weighted by Gasteiger charge is -2.39. The number of pyridine rings is 1. The highest BCUT2D eigenvalue weighted by atomic mass is 16.5. The number of ether oxygens (including phenoxy) is 1. The molecular weight excluding hydrogens is 388 g/mol. The fraction of sp³-hybridized carbons (Fsp3) is 0.760. The van der Waals surface area contributed by atoms with Gasteiger partial charge in [0.2, 0.25) is 5.91 Å². The Morgan fingerprint density at radius 2 is 2.03 bits per heavy atom. The number of fused-ring (bicyclic) bond motifs is 1. The molecule has 1 saturated carbocycles. The Morgan fingerprint density at radius 3 is 2.74 bits per heavy atom. The summed E-state index contributed by atoms with van der Waals surface area (Å²) in [5.41, 5.74) is 3.41. The second-order valence-electron chi connectivity index (χ2n) is 10.2. The van der Waals surface area contributed by atoms with E-state index in [2.05, 4.69) is 37.1 Å². The van der Waals surface area contributed by atoms with Crippen LogP contribution in [0.15, 0.2) is 12.3 Å². The van der Waals surface area contributed by atoms with Gasteiger partial charge in [-0.05, 0) is 25.8 Å². The molecule has 0 aromatic carbocycles. The molecule has 31 heavy (non-hydrogen) atoms. The summed E-state index contributed by atoms with van der Waals surface area (Å²) in [5.74, 6) is 0.739. The van der Waals surface area contributed by atoms with Crippen molar-refractivity contribution in [3.63, 3.8) is 0 Å². The lowest BCUT2D eigenvalue weighted by Crippen LogP contribution is -2.59. The van der Waals surface area contributed by atoms with Crippen LogP contribution in [0.2, 0.25) is 0 Å². The average molecular weight is 431 g/mol. The molecule has 2 aliphatic heterocycles. The van der Waals surface area contributed by atoms with Gasteiger partial charge in [0.15, 0.2) is 0 Å². The summed E-state index contributed by atoms with van der Waals surface area (Å²) in [6.45, 7) is 10.2. The highest BCUT2D eigenvalue weighted by Gasteiger charge is 2.40. The molecule has 1 N–H and O–H groups in total. The van der Waals surface area contributed by atoms with Crippen LogP contribution in [-0.2, 0) is 14.9 Å². The zero-order valence-corrected chi connectivity index (χ0v) is 19.1. The van der Waals surface area contributed by atoms with E-state index >= 15 is 0 Å². The molecule has 0 bridgehead atoms. The summed E-state index contributed by atoms with van der Waals surface area (Å²) in [6, 6.07) is 2.85. The number of nitrogens with zero attached hydrogens (tertiary/aromatic N) is 3. The van der Waals surface area contributed by atoms with Crippen molar-refractivity contribution in [1.82, 2.24) is 15.2 Å². The topological polar surface area (TPSA) is 57.7 Å². The predicted molar refractivity (Wildman–Crippen MR) is 127 cm³/mol. The fourth-order valence-corrected chi connectivity index (χ4v) is 5.46. The van der Waals surface area contributed by atoms with Crippen molar-refractivity contribution < 1.29 is 9.53 Å². The van der Waals surface area contributed by atoms with E-state index in [-0.39, 0.29) is 24.8 Å². The Kier molecular flexibility index (Phi) is 7.76. The van der Waals surface area contributed by atoms with E-state index in [1.807, 2.05) is 11.1 Å². The number of aromatic nitrogens is 1. The molecule has 3 heterocycles. The van der Waals surface area contributed by atoms with E-state index < -0.39 is 0 Å². The maximum atomic E-state index is 13.5. The van der Waals surface area contributed by atoms with Crippen LogP contribution in [0.1, 0.15) is 77.5 Å². The van der Waals surface area contributed by atoms with Crippen LogP contribution in [0.5, 0.6) is 0 Å². The standard InChI is InChI=1S/C24H38N4O2.CH4/c1-17-13-27(19(11-25-17)15-30-4)14-23(29)28-16-24(2,3)20-12-26-21(10-22(20)28)18-8-6-5-7-9-18;/h10,12,17-19,25H,5-9,11,13-16H2,1-4H3;1H4/t17-,19-;/m1./s1. The van der Waals surface area contributed by atoms with Crippen LogP contribution in [0.3, 0.4) is 0 Å². The number of piperazine rings is 1. The van der Waals surface area contributed by atoms with Crippen molar-refractivity contribution in [2.45, 2.75) is 83.7 Å². The first kappa shape index (κ1) is 24.1. The minimum atomic E-state index is -0.0637. The molecule has 0 unspecified atom stereocenters. The largest absolute Gasteiger partial charge is 0.383 e. The van der Waals surface area contributed by atoms with Gasteiger partial charge in [-0.1, -0.05) is 40.5 Å². The lowest BCUT2D eigenvalue weighted by molar-refractivity contribution is -0.121. The molecule has 1 aromatic heterocycles. The minimum Gasteiger partial charge on any atom is -0.383 e. The fourth-order valence-electron chi connectivity index (χ4n) is 5.46. The molecule has 1 aliphatic carbocycles. The van der Waals surface area contributed by atoms with E-state index in [1.54, 1.807) is 7.11 Å². The van der Waals surface area contributed by atoms with Crippen LogP contribution >= 0.6 is 0 Å². The zero-order chi connectivity index (χ0) is 21.3. The number of nitrogens with one attached hydrogen (secondary N) is 1. The molecule has 4 rings (SSSR count). The molecule has 6 heteroatoms. The third-order valence-corrected chi connectivity index (χ3v) is 7.23.